The van der Waals surface area contributed by atoms with Crippen LogP contribution in [0.5, 0.6) is 0 Å². The van der Waals surface area contributed by atoms with Crippen LogP contribution in [0.15, 0.2) is 42.7 Å². The maximum atomic E-state index is 13.6. The lowest BCUT2D eigenvalue weighted by molar-refractivity contribution is -0.109. The van der Waals surface area contributed by atoms with E-state index < -0.39 is 23.6 Å². The Morgan fingerprint density at radius 2 is 2.07 bits per heavy atom. The topological polar surface area (TPSA) is 92.3 Å². The van der Waals surface area contributed by atoms with E-state index in [4.69, 9.17) is 4.74 Å². The first-order chi connectivity index (χ1) is 12.8. The zero-order chi connectivity index (χ0) is 19.9. The number of aldehydes is 1. The molecule has 27 heavy (non-hydrogen) atoms. The fraction of sp³-hybridized carbons (Fsp3) is 0.316. The fourth-order valence-electron chi connectivity index (χ4n) is 2.18. The van der Waals surface area contributed by atoms with Crippen molar-refractivity contribution in [2.45, 2.75) is 32.4 Å². The molecule has 1 aromatic heterocycles. The van der Waals surface area contributed by atoms with Crippen LogP contribution in [0, 0.1) is 5.82 Å². The van der Waals surface area contributed by atoms with E-state index in [-0.39, 0.29) is 6.54 Å². The molecule has 1 amide bonds. The molecular weight excluding hydrogens is 351 g/mol. The maximum Gasteiger partial charge on any atom is 0.408 e. The number of hydrogen-bond acceptors (Lipinski definition) is 6. The number of halogens is 1. The first-order valence-corrected chi connectivity index (χ1v) is 8.42. The van der Waals surface area contributed by atoms with Gasteiger partial charge in [0, 0.05) is 12.7 Å². The van der Waals surface area contributed by atoms with Gasteiger partial charge in [0.2, 0.25) is 0 Å². The molecule has 0 bridgehead atoms. The summed E-state index contributed by atoms with van der Waals surface area (Å²) in [6.07, 6.45) is 3.16. The second kappa shape index (κ2) is 8.98. The first kappa shape index (κ1) is 20.2. The molecule has 0 saturated carbocycles. The average Bonchev–Trinajstić information content (AvgIpc) is 2.59. The normalized spacial score (nSPS) is 12.0. The van der Waals surface area contributed by atoms with Gasteiger partial charge >= 0.3 is 6.09 Å². The van der Waals surface area contributed by atoms with Gasteiger partial charge in [-0.1, -0.05) is 0 Å². The highest BCUT2D eigenvalue weighted by molar-refractivity contribution is 5.76. The van der Waals surface area contributed by atoms with Crippen LogP contribution in [0.25, 0.3) is 0 Å². The lowest BCUT2D eigenvalue weighted by Crippen LogP contribution is -2.43. The van der Waals surface area contributed by atoms with E-state index in [9.17, 15) is 14.0 Å². The summed E-state index contributed by atoms with van der Waals surface area (Å²) in [4.78, 5) is 27.1. The number of nitrogens with one attached hydrogen (secondary N) is 3. The van der Waals surface area contributed by atoms with Crippen molar-refractivity contribution in [3.05, 3.63) is 48.5 Å². The fourth-order valence-corrected chi connectivity index (χ4v) is 2.18. The predicted molar refractivity (Wildman–Crippen MR) is 102 cm³/mol. The molecule has 0 aliphatic rings. The number of carbonyl (C=O) groups excluding carboxylic acids is 2. The van der Waals surface area contributed by atoms with Crippen LogP contribution >= 0.6 is 0 Å². The third-order valence-corrected chi connectivity index (χ3v) is 3.30. The lowest BCUT2D eigenvalue weighted by atomic mass is 10.2. The second-order valence-corrected chi connectivity index (χ2v) is 6.83. The molecule has 1 heterocycles. The Morgan fingerprint density at radius 3 is 2.70 bits per heavy atom. The van der Waals surface area contributed by atoms with Crippen molar-refractivity contribution in [1.29, 1.82) is 0 Å². The van der Waals surface area contributed by atoms with Gasteiger partial charge in [-0.15, -0.1) is 0 Å². The number of pyridine rings is 1. The van der Waals surface area contributed by atoms with Crippen molar-refractivity contribution in [3.63, 3.8) is 0 Å². The highest BCUT2D eigenvalue weighted by atomic mass is 19.1. The van der Waals surface area contributed by atoms with Crippen LogP contribution in [0.4, 0.5) is 26.2 Å². The molecule has 1 atom stereocenters. The van der Waals surface area contributed by atoms with Gasteiger partial charge in [-0.2, -0.15) is 0 Å². The predicted octanol–water partition coefficient (Wildman–Crippen LogP) is 3.47. The number of alkyl carbamates (subject to hydrolysis) is 1. The van der Waals surface area contributed by atoms with Crippen molar-refractivity contribution in [2.24, 2.45) is 0 Å². The van der Waals surface area contributed by atoms with Crippen molar-refractivity contribution < 1.29 is 18.7 Å². The zero-order valence-electron chi connectivity index (χ0n) is 15.5. The number of nitrogens with zero attached hydrogens (tertiary/aromatic N) is 1. The van der Waals surface area contributed by atoms with Gasteiger partial charge in [0.15, 0.2) is 0 Å². The molecule has 0 fully saturated rings. The number of aromatic nitrogens is 1. The number of carbonyl (C=O) groups is 2. The third-order valence-electron chi connectivity index (χ3n) is 3.30. The van der Waals surface area contributed by atoms with E-state index in [0.29, 0.717) is 23.3 Å². The van der Waals surface area contributed by atoms with Gasteiger partial charge in [-0.05, 0) is 51.1 Å². The Hall–Kier alpha value is -3.16. The minimum Gasteiger partial charge on any atom is -0.444 e. The van der Waals surface area contributed by atoms with Gasteiger partial charge in [-0.3, -0.25) is 4.98 Å². The molecule has 0 spiro atoms. The zero-order valence-corrected chi connectivity index (χ0v) is 15.5. The summed E-state index contributed by atoms with van der Waals surface area (Å²) in [5.41, 5.74) is 1.07. The Kier molecular flexibility index (Phi) is 6.70. The van der Waals surface area contributed by atoms with Gasteiger partial charge in [0.25, 0.3) is 0 Å². The van der Waals surface area contributed by atoms with E-state index in [0.717, 1.165) is 0 Å². The summed E-state index contributed by atoms with van der Waals surface area (Å²) in [7, 11) is 0. The van der Waals surface area contributed by atoms with Crippen molar-refractivity contribution >= 4 is 29.4 Å². The summed E-state index contributed by atoms with van der Waals surface area (Å²) >= 11 is 0. The average molecular weight is 374 g/mol. The molecule has 7 nitrogen and oxygen atoms in total. The van der Waals surface area contributed by atoms with Crippen LogP contribution in [-0.4, -0.2) is 35.6 Å². The van der Waals surface area contributed by atoms with Gasteiger partial charge in [0.05, 0.1) is 23.3 Å². The molecule has 144 valence electrons. The Labute approximate surface area is 157 Å². The van der Waals surface area contributed by atoms with Gasteiger partial charge in [0.1, 0.15) is 23.7 Å². The Balaban J connectivity index is 2.03. The Morgan fingerprint density at radius 1 is 1.30 bits per heavy atom. The van der Waals surface area contributed by atoms with Gasteiger partial charge < -0.3 is 25.5 Å². The van der Waals surface area contributed by atoms with Crippen molar-refractivity contribution in [2.75, 3.05) is 17.2 Å². The highest BCUT2D eigenvalue weighted by Gasteiger charge is 2.19. The minimum atomic E-state index is -0.809. The van der Waals surface area contributed by atoms with E-state index in [2.05, 4.69) is 20.9 Å². The summed E-state index contributed by atoms with van der Waals surface area (Å²) in [6.45, 7) is 5.30. The molecule has 8 heteroatoms. The van der Waals surface area contributed by atoms with Gasteiger partial charge in [-0.25, -0.2) is 9.18 Å². The number of anilines is 3. The summed E-state index contributed by atoms with van der Waals surface area (Å²) in [5.74, 6) is -0.411. The molecule has 3 N–H and O–H groups in total. The van der Waals surface area contributed by atoms with Crippen molar-refractivity contribution in [1.82, 2.24) is 10.3 Å². The quantitative estimate of drug-likeness (QED) is 0.643. The van der Waals surface area contributed by atoms with E-state index in [1.54, 1.807) is 51.4 Å². The van der Waals surface area contributed by atoms with Crippen LogP contribution < -0.4 is 16.0 Å². The largest absolute Gasteiger partial charge is 0.444 e. The highest BCUT2D eigenvalue weighted by Crippen LogP contribution is 2.26. The summed E-state index contributed by atoms with van der Waals surface area (Å²) in [5, 5.41) is 8.57. The smallest absolute Gasteiger partial charge is 0.408 e. The summed E-state index contributed by atoms with van der Waals surface area (Å²) in [6, 6.07) is 6.90. The lowest BCUT2D eigenvalue weighted by Gasteiger charge is -2.22. The molecule has 1 unspecified atom stereocenters. The summed E-state index contributed by atoms with van der Waals surface area (Å²) < 4.78 is 18.8. The SMILES string of the molecule is CC(C)(C)OC(=O)NC(C=O)CNc1ccc(F)cc1Nc1cccnc1. The molecule has 2 rings (SSSR count). The molecule has 1 aromatic carbocycles. The number of benzene rings is 1. The van der Waals surface area contributed by atoms with Crippen LogP contribution in [0.3, 0.4) is 0 Å². The Bertz CT molecular complexity index is 778. The molecule has 0 saturated heterocycles. The monoisotopic (exact) mass is 374 g/mol. The van der Waals surface area contributed by atoms with Crippen molar-refractivity contribution in [3.8, 4) is 0 Å². The maximum absolute atomic E-state index is 13.6. The first-order valence-electron chi connectivity index (χ1n) is 8.42. The van der Waals surface area contributed by atoms with Crippen LogP contribution in [-0.2, 0) is 9.53 Å². The number of hydrogen-bond donors (Lipinski definition) is 3. The second-order valence-electron chi connectivity index (χ2n) is 6.83. The van der Waals surface area contributed by atoms with E-state index in [1.165, 1.54) is 12.1 Å². The number of amides is 1. The third kappa shape index (κ3) is 6.93. The molecular formula is C19H23FN4O3. The van der Waals surface area contributed by atoms with E-state index >= 15 is 0 Å². The number of rotatable bonds is 7. The minimum absolute atomic E-state index is 0.107. The standard InChI is InChI=1S/C19H23FN4O3/c1-19(2,3)27-18(26)24-15(12-25)11-22-16-7-6-13(20)9-17(16)23-14-5-4-8-21-10-14/h4-10,12,15,22-23H,11H2,1-3H3,(H,24,26). The molecule has 0 radical (unpaired) electrons. The van der Waals surface area contributed by atoms with E-state index in [1.807, 2.05) is 0 Å². The van der Waals surface area contributed by atoms with Crippen LogP contribution in [0.2, 0.25) is 0 Å². The molecule has 0 aliphatic heterocycles. The van der Waals surface area contributed by atoms with Crippen LogP contribution in [0.1, 0.15) is 20.8 Å². The molecule has 0 aliphatic carbocycles. The molecule has 2 aromatic rings. The number of ether oxygens (including phenoxy) is 1.